The van der Waals surface area contributed by atoms with Gasteiger partial charge in [-0.2, -0.15) is 0 Å². The van der Waals surface area contributed by atoms with Gasteiger partial charge in [0.15, 0.2) is 5.60 Å². The first-order valence-electron chi connectivity index (χ1n) is 7.74. The zero-order chi connectivity index (χ0) is 13.6. The minimum atomic E-state index is -0.701. The Morgan fingerprint density at radius 3 is 2.60 bits per heavy atom. The van der Waals surface area contributed by atoms with Gasteiger partial charge in [0.25, 0.3) is 0 Å². The number of benzene rings is 1. The van der Waals surface area contributed by atoms with E-state index in [2.05, 4.69) is 12.1 Å². The van der Waals surface area contributed by atoms with Gasteiger partial charge in [-0.1, -0.05) is 43.2 Å². The number of hydrogen-bond acceptors (Lipinski definition) is 3. The van der Waals surface area contributed by atoms with Gasteiger partial charge in [-0.3, -0.25) is 0 Å². The van der Waals surface area contributed by atoms with Crippen LogP contribution in [0.3, 0.4) is 0 Å². The predicted octanol–water partition coefficient (Wildman–Crippen LogP) is 3.32. The minimum absolute atomic E-state index is 0.120. The number of hydrogen-bond donors (Lipinski definition) is 0. The summed E-state index contributed by atoms with van der Waals surface area (Å²) in [6.07, 6.45) is 7.25. The highest BCUT2D eigenvalue weighted by molar-refractivity contribution is 5.86. The Bertz CT molecular complexity index is 522. The van der Waals surface area contributed by atoms with Crippen LogP contribution in [-0.2, 0) is 19.9 Å². The molecule has 2 saturated carbocycles. The highest BCUT2D eigenvalue weighted by Crippen LogP contribution is 2.63. The molecule has 3 nitrogen and oxygen atoms in total. The third-order valence-electron chi connectivity index (χ3n) is 4.88. The molecule has 0 amide bonds. The molecule has 3 heteroatoms. The van der Waals surface area contributed by atoms with E-state index in [-0.39, 0.29) is 12.1 Å². The SMILES string of the molecule is O=C(OC1CC1)C12CCCCCC1(c1ccccc1)O2. The van der Waals surface area contributed by atoms with E-state index in [1.807, 2.05) is 18.2 Å². The normalized spacial score (nSPS) is 35.8. The third-order valence-corrected chi connectivity index (χ3v) is 4.88. The van der Waals surface area contributed by atoms with Gasteiger partial charge in [0.2, 0.25) is 0 Å². The average molecular weight is 272 g/mol. The van der Waals surface area contributed by atoms with Crippen molar-refractivity contribution in [2.75, 3.05) is 0 Å². The number of carbonyl (C=O) groups excluding carboxylic acids is 1. The van der Waals surface area contributed by atoms with Crippen LogP contribution >= 0.6 is 0 Å². The molecule has 0 radical (unpaired) electrons. The summed E-state index contributed by atoms with van der Waals surface area (Å²) in [4.78, 5) is 12.6. The molecule has 1 heterocycles. The smallest absolute Gasteiger partial charge is 0.342 e. The molecule has 0 N–H and O–H groups in total. The fraction of sp³-hybridized carbons (Fsp3) is 0.588. The molecule has 4 rings (SSSR count). The fourth-order valence-corrected chi connectivity index (χ4v) is 3.59. The van der Waals surface area contributed by atoms with Gasteiger partial charge in [0, 0.05) is 0 Å². The molecule has 0 spiro atoms. The molecule has 1 saturated heterocycles. The van der Waals surface area contributed by atoms with Crippen molar-refractivity contribution in [2.24, 2.45) is 0 Å². The second-order valence-electron chi connectivity index (χ2n) is 6.29. The van der Waals surface area contributed by atoms with Gasteiger partial charge in [-0.15, -0.1) is 0 Å². The molecule has 106 valence electrons. The molecule has 2 unspecified atom stereocenters. The van der Waals surface area contributed by atoms with E-state index in [0.717, 1.165) is 44.1 Å². The Labute approximate surface area is 119 Å². The van der Waals surface area contributed by atoms with E-state index in [0.29, 0.717) is 0 Å². The lowest BCUT2D eigenvalue weighted by molar-refractivity contribution is -0.151. The second-order valence-corrected chi connectivity index (χ2v) is 6.29. The Morgan fingerprint density at radius 1 is 1.10 bits per heavy atom. The lowest BCUT2D eigenvalue weighted by Crippen LogP contribution is -2.34. The van der Waals surface area contributed by atoms with Gasteiger partial charge < -0.3 is 9.47 Å². The lowest BCUT2D eigenvalue weighted by atomic mass is 9.82. The molecule has 3 aliphatic rings. The van der Waals surface area contributed by atoms with Crippen LogP contribution in [0.4, 0.5) is 0 Å². The maximum atomic E-state index is 12.6. The van der Waals surface area contributed by atoms with Crippen LogP contribution in [0.5, 0.6) is 0 Å². The third kappa shape index (κ3) is 1.72. The van der Waals surface area contributed by atoms with Crippen LogP contribution in [0.1, 0.15) is 50.5 Å². The van der Waals surface area contributed by atoms with Crippen molar-refractivity contribution in [1.82, 2.24) is 0 Å². The highest BCUT2D eigenvalue weighted by Gasteiger charge is 2.76. The van der Waals surface area contributed by atoms with Crippen molar-refractivity contribution in [3.8, 4) is 0 Å². The largest absolute Gasteiger partial charge is 0.460 e. The average Bonchev–Trinajstić information content (AvgIpc) is 3.33. The summed E-state index contributed by atoms with van der Waals surface area (Å²) < 4.78 is 11.7. The Kier molecular flexibility index (Phi) is 2.68. The first kappa shape index (κ1) is 12.4. The lowest BCUT2D eigenvalue weighted by Gasteiger charge is -2.17. The van der Waals surface area contributed by atoms with Gasteiger partial charge in [0.1, 0.15) is 11.7 Å². The van der Waals surface area contributed by atoms with Crippen molar-refractivity contribution in [3.63, 3.8) is 0 Å². The van der Waals surface area contributed by atoms with E-state index in [4.69, 9.17) is 9.47 Å². The van der Waals surface area contributed by atoms with Gasteiger partial charge in [0.05, 0.1) is 0 Å². The molecular formula is C17H20O3. The van der Waals surface area contributed by atoms with Crippen LogP contribution in [0.25, 0.3) is 0 Å². The molecular weight excluding hydrogens is 252 g/mol. The van der Waals surface area contributed by atoms with Crippen molar-refractivity contribution in [1.29, 1.82) is 0 Å². The first-order chi connectivity index (χ1) is 9.77. The van der Waals surface area contributed by atoms with E-state index in [1.54, 1.807) is 0 Å². The zero-order valence-electron chi connectivity index (χ0n) is 11.6. The maximum Gasteiger partial charge on any atom is 0.342 e. The monoisotopic (exact) mass is 272 g/mol. The standard InChI is InChI=1S/C17H20O3/c18-15(19-14-9-10-14)17-12-6-2-5-11-16(17,20-17)13-7-3-1-4-8-13/h1,3-4,7-8,14H,2,5-6,9-12H2. The van der Waals surface area contributed by atoms with E-state index < -0.39 is 11.2 Å². The van der Waals surface area contributed by atoms with Crippen LogP contribution in [0, 0.1) is 0 Å². The Balaban J connectivity index is 1.68. The predicted molar refractivity (Wildman–Crippen MR) is 74.1 cm³/mol. The molecule has 2 atom stereocenters. The zero-order valence-corrected chi connectivity index (χ0v) is 11.6. The summed E-state index contributed by atoms with van der Waals surface area (Å²) >= 11 is 0. The summed E-state index contributed by atoms with van der Waals surface area (Å²) in [7, 11) is 0. The first-order valence-corrected chi connectivity index (χ1v) is 7.74. The number of esters is 1. The quantitative estimate of drug-likeness (QED) is 0.626. The molecule has 3 fully saturated rings. The highest BCUT2D eigenvalue weighted by atomic mass is 16.7. The summed E-state index contributed by atoms with van der Waals surface area (Å²) in [5, 5.41) is 0. The van der Waals surface area contributed by atoms with Gasteiger partial charge in [-0.05, 0) is 37.7 Å². The fourth-order valence-electron chi connectivity index (χ4n) is 3.59. The van der Waals surface area contributed by atoms with Crippen LogP contribution in [0.2, 0.25) is 0 Å². The number of epoxide rings is 1. The molecule has 0 aromatic heterocycles. The molecule has 1 aromatic rings. The maximum absolute atomic E-state index is 12.6. The summed E-state index contributed by atoms with van der Waals surface area (Å²) in [6.45, 7) is 0. The van der Waals surface area contributed by atoms with E-state index >= 15 is 0 Å². The van der Waals surface area contributed by atoms with Gasteiger partial charge >= 0.3 is 5.97 Å². The summed E-state index contributed by atoms with van der Waals surface area (Å²) in [5.74, 6) is -0.120. The summed E-state index contributed by atoms with van der Waals surface area (Å²) in [5.41, 5.74) is 0.0131. The molecule has 1 aliphatic heterocycles. The van der Waals surface area contributed by atoms with Crippen molar-refractivity contribution in [3.05, 3.63) is 35.9 Å². The number of ether oxygens (including phenoxy) is 2. The number of carbonyl (C=O) groups is 1. The minimum Gasteiger partial charge on any atom is -0.460 e. The van der Waals surface area contributed by atoms with Crippen molar-refractivity contribution < 1.29 is 14.3 Å². The van der Waals surface area contributed by atoms with E-state index in [1.165, 1.54) is 6.42 Å². The Hall–Kier alpha value is -1.35. The number of fused-ring (bicyclic) bond motifs is 1. The van der Waals surface area contributed by atoms with Gasteiger partial charge in [-0.25, -0.2) is 4.79 Å². The van der Waals surface area contributed by atoms with Crippen molar-refractivity contribution >= 4 is 5.97 Å². The number of rotatable bonds is 3. The van der Waals surface area contributed by atoms with Crippen LogP contribution < -0.4 is 0 Å². The molecule has 20 heavy (non-hydrogen) atoms. The molecule has 1 aromatic carbocycles. The topological polar surface area (TPSA) is 38.8 Å². The van der Waals surface area contributed by atoms with Crippen molar-refractivity contribution in [2.45, 2.75) is 62.3 Å². The van der Waals surface area contributed by atoms with E-state index in [9.17, 15) is 4.79 Å². The Morgan fingerprint density at radius 2 is 1.85 bits per heavy atom. The van der Waals surface area contributed by atoms with Crippen LogP contribution in [-0.4, -0.2) is 17.7 Å². The second kappa shape index (κ2) is 4.32. The van der Waals surface area contributed by atoms with Crippen LogP contribution in [0.15, 0.2) is 30.3 Å². The molecule has 2 aliphatic carbocycles. The summed E-state index contributed by atoms with van der Waals surface area (Å²) in [6, 6.07) is 10.2. The molecule has 0 bridgehead atoms.